The number of nitrogens with one attached hydrogen (secondary N) is 2. The fourth-order valence-corrected chi connectivity index (χ4v) is 2.90. The molecule has 23 heavy (non-hydrogen) atoms. The van der Waals surface area contributed by atoms with Crippen LogP contribution in [0.2, 0.25) is 0 Å². The minimum atomic E-state index is -0.449. The number of carbonyl (C=O) groups is 1. The molecule has 0 spiro atoms. The van der Waals surface area contributed by atoms with Crippen LogP contribution >= 0.6 is 0 Å². The first-order valence-electron chi connectivity index (χ1n) is 8.03. The van der Waals surface area contributed by atoms with Gasteiger partial charge >= 0.3 is 6.03 Å². The molecule has 3 rings (SSSR count). The Hall–Kier alpha value is -2.34. The maximum atomic E-state index is 12.0. The van der Waals surface area contributed by atoms with Crippen LogP contribution in [0.1, 0.15) is 31.2 Å². The van der Waals surface area contributed by atoms with Crippen molar-refractivity contribution in [2.45, 2.75) is 44.4 Å². The number of amides is 2. The van der Waals surface area contributed by atoms with Crippen LogP contribution in [0.15, 0.2) is 42.7 Å². The van der Waals surface area contributed by atoms with Crippen molar-refractivity contribution in [2.75, 3.05) is 5.32 Å². The van der Waals surface area contributed by atoms with Crippen molar-refractivity contribution in [3.8, 4) is 0 Å². The Morgan fingerprint density at radius 1 is 1.26 bits per heavy atom. The molecule has 1 aliphatic carbocycles. The van der Waals surface area contributed by atoms with E-state index >= 15 is 0 Å². The summed E-state index contributed by atoms with van der Waals surface area (Å²) in [6, 6.07) is 9.56. The van der Waals surface area contributed by atoms with Gasteiger partial charge in [0.05, 0.1) is 30.6 Å². The van der Waals surface area contributed by atoms with Crippen LogP contribution in [0.4, 0.5) is 10.5 Å². The van der Waals surface area contributed by atoms with Gasteiger partial charge in [-0.05, 0) is 18.4 Å². The number of urea groups is 1. The molecule has 1 aromatic heterocycles. The summed E-state index contributed by atoms with van der Waals surface area (Å²) in [7, 11) is 0. The van der Waals surface area contributed by atoms with Crippen molar-refractivity contribution in [3.63, 3.8) is 0 Å². The second-order valence-corrected chi connectivity index (χ2v) is 5.97. The van der Waals surface area contributed by atoms with Gasteiger partial charge in [0.1, 0.15) is 0 Å². The molecule has 1 aliphatic rings. The normalized spacial score (nSPS) is 20.9. The summed E-state index contributed by atoms with van der Waals surface area (Å²) < 4.78 is 1.78. The van der Waals surface area contributed by atoms with Gasteiger partial charge in [0.15, 0.2) is 0 Å². The average Bonchev–Trinajstić information content (AvgIpc) is 2.97. The third kappa shape index (κ3) is 4.32. The van der Waals surface area contributed by atoms with E-state index in [4.69, 9.17) is 0 Å². The molecular formula is C17H22N4O2. The predicted octanol–water partition coefficient (Wildman–Crippen LogP) is 2.36. The fourth-order valence-electron chi connectivity index (χ4n) is 2.90. The Bertz CT molecular complexity index is 641. The third-order valence-electron chi connectivity index (χ3n) is 4.12. The van der Waals surface area contributed by atoms with Gasteiger partial charge in [-0.15, -0.1) is 0 Å². The zero-order valence-corrected chi connectivity index (χ0v) is 13.0. The monoisotopic (exact) mass is 314 g/mol. The number of rotatable bonds is 4. The highest BCUT2D eigenvalue weighted by molar-refractivity contribution is 5.89. The lowest BCUT2D eigenvalue weighted by atomic mass is 9.93. The summed E-state index contributed by atoms with van der Waals surface area (Å²) in [5.41, 5.74) is 1.79. The van der Waals surface area contributed by atoms with Crippen molar-refractivity contribution >= 4 is 11.7 Å². The summed E-state index contributed by atoms with van der Waals surface area (Å²) in [6.45, 7) is 0.658. The second-order valence-electron chi connectivity index (χ2n) is 5.97. The molecule has 0 bridgehead atoms. The number of aliphatic hydroxyl groups excluding tert-OH is 1. The Morgan fingerprint density at radius 2 is 2.04 bits per heavy atom. The van der Waals surface area contributed by atoms with E-state index in [9.17, 15) is 9.90 Å². The van der Waals surface area contributed by atoms with Crippen LogP contribution in [-0.4, -0.2) is 33.1 Å². The Balaban J connectivity index is 1.53. The van der Waals surface area contributed by atoms with Crippen LogP contribution < -0.4 is 10.6 Å². The maximum absolute atomic E-state index is 12.0. The van der Waals surface area contributed by atoms with E-state index in [1.54, 1.807) is 17.1 Å². The van der Waals surface area contributed by atoms with Crippen molar-refractivity contribution in [3.05, 3.63) is 48.3 Å². The first-order valence-corrected chi connectivity index (χ1v) is 8.03. The largest absolute Gasteiger partial charge is 0.391 e. The Labute approximate surface area is 135 Å². The summed E-state index contributed by atoms with van der Waals surface area (Å²) in [5.74, 6) is 0. The minimum absolute atomic E-state index is 0.164. The number of aliphatic hydroxyl groups is 1. The van der Waals surface area contributed by atoms with Gasteiger partial charge in [-0.25, -0.2) is 4.79 Å². The third-order valence-corrected chi connectivity index (χ3v) is 4.12. The molecule has 2 aromatic rings. The molecule has 0 radical (unpaired) electrons. The highest BCUT2D eigenvalue weighted by Crippen LogP contribution is 2.18. The molecule has 1 fully saturated rings. The van der Waals surface area contributed by atoms with E-state index in [2.05, 4.69) is 15.7 Å². The zero-order chi connectivity index (χ0) is 16.1. The van der Waals surface area contributed by atoms with Gasteiger partial charge < -0.3 is 15.7 Å². The Morgan fingerprint density at radius 3 is 2.83 bits per heavy atom. The smallest absolute Gasteiger partial charge is 0.319 e. The average molecular weight is 314 g/mol. The first kappa shape index (κ1) is 15.6. The van der Waals surface area contributed by atoms with Gasteiger partial charge in [0.25, 0.3) is 0 Å². The highest BCUT2D eigenvalue weighted by Gasteiger charge is 2.24. The number of carbonyl (C=O) groups excluding carboxylic acids is 1. The molecule has 1 aromatic carbocycles. The summed E-state index contributed by atoms with van der Waals surface area (Å²) in [5, 5.41) is 19.8. The highest BCUT2D eigenvalue weighted by atomic mass is 16.3. The molecule has 6 nitrogen and oxygen atoms in total. The van der Waals surface area contributed by atoms with Crippen LogP contribution in [0, 0.1) is 0 Å². The molecule has 1 heterocycles. The van der Waals surface area contributed by atoms with Gasteiger partial charge in [0, 0.05) is 6.20 Å². The van der Waals surface area contributed by atoms with Crippen LogP contribution in [0.5, 0.6) is 0 Å². The fraction of sp³-hybridized carbons (Fsp3) is 0.412. The summed E-state index contributed by atoms with van der Waals surface area (Å²) in [4.78, 5) is 12.0. The first-order chi connectivity index (χ1) is 11.2. The molecule has 0 aliphatic heterocycles. The number of hydrogen-bond donors (Lipinski definition) is 3. The molecular weight excluding hydrogens is 292 g/mol. The molecule has 2 amide bonds. The van der Waals surface area contributed by atoms with E-state index in [0.29, 0.717) is 12.2 Å². The van der Waals surface area contributed by atoms with Crippen LogP contribution in [0.3, 0.4) is 0 Å². The molecule has 1 saturated carbocycles. The van der Waals surface area contributed by atoms with E-state index in [1.165, 1.54) is 0 Å². The lowest BCUT2D eigenvalue weighted by molar-refractivity contribution is 0.0955. The maximum Gasteiger partial charge on any atom is 0.319 e. The lowest BCUT2D eigenvalue weighted by Crippen LogP contribution is -2.46. The van der Waals surface area contributed by atoms with Gasteiger partial charge in [-0.1, -0.05) is 43.2 Å². The zero-order valence-electron chi connectivity index (χ0n) is 13.0. The van der Waals surface area contributed by atoms with Crippen LogP contribution in [-0.2, 0) is 6.54 Å². The van der Waals surface area contributed by atoms with E-state index < -0.39 is 6.10 Å². The van der Waals surface area contributed by atoms with Crippen molar-refractivity contribution in [1.29, 1.82) is 0 Å². The number of anilines is 1. The van der Waals surface area contributed by atoms with Crippen LogP contribution in [0.25, 0.3) is 0 Å². The molecule has 3 N–H and O–H groups in total. The lowest BCUT2D eigenvalue weighted by Gasteiger charge is -2.28. The second kappa shape index (κ2) is 7.28. The molecule has 122 valence electrons. The Kier molecular flexibility index (Phi) is 4.92. The molecule has 0 saturated heterocycles. The van der Waals surface area contributed by atoms with Crippen molar-refractivity contribution in [2.24, 2.45) is 0 Å². The number of nitrogens with zero attached hydrogens (tertiary/aromatic N) is 2. The number of hydrogen-bond acceptors (Lipinski definition) is 3. The molecule has 6 heteroatoms. The van der Waals surface area contributed by atoms with E-state index in [-0.39, 0.29) is 12.1 Å². The molecule has 2 atom stereocenters. The number of aromatic nitrogens is 2. The van der Waals surface area contributed by atoms with Crippen molar-refractivity contribution < 1.29 is 9.90 Å². The van der Waals surface area contributed by atoms with Crippen molar-refractivity contribution in [1.82, 2.24) is 15.1 Å². The number of benzene rings is 1. The molecule has 2 unspecified atom stereocenters. The van der Waals surface area contributed by atoms with E-state index in [1.807, 2.05) is 30.3 Å². The predicted molar refractivity (Wildman–Crippen MR) is 88.2 cm³/mol. The quantitative estimate of drug-likeness (QED) is 0.810. The van der Waals surface area contributed by atoms with E-state index in [0.717, 1.165) is 31.2 Å². The van der Waals surface area contributed by atoms with Gasteiger partial charge in [-0.2, -0.15) is 5.10 Å². The topological polar surface area (TPSA) is 79.2 Å². The van der Waals surface area contributed by atoms with Gasteiger partial charge in [0.2, 0.25) is 0 Å². The van der Waals surface area contributed by atoms with Gasteiger partial charge in [-0.3, -0.25) is 4.68 Å². The SMILES string of the molecule is O=C(Nc1cnn(Cc2ccccc2)c1)NC1CCCCC1O. The minimum Gasteiger partial charge on any atom is -0.391 e. The summed E-state index contributed by atoms with van der Waals surface area (Å²) >= 11 is 0. The standard InChI is InChI=1S/C17H22N4O2/c22-16-9-5-4-8-15(16)20-17(23)19-14-10-18-21(12-14)11-13-6-2-1-3-7-13/h1-3,6-7,10,12,15-16,22H,4-5,8-9,11H2,(H2,19,20,23). The summed E-state index contributed by atoms with van der Waals surface area (Å²) in [6.07, 6.45) is 6.60.